The lowest BCUT2D eigenvalue weighted by Gasteiger charge is -2.31. The Morgan fingerprint density at radius 3 is 2.50 bits per heavy atom. The Balaban J connectivity index is 1.25. The zero-order chi connectivity index (χ0) is 30.6. The fraction of sp³-hybridized carbons (Fsp3) is 0.667. The number of alkyl halides is 3. The molecule has 2 N–H and O–H groups in total. The third kappa shape index (κ3) is 5.92. The fourth-order valence-corrected chi connectivity index (χ4v) is 7.11. The van der Waals surface area contributed by atoms with Crippen molar-refractivity contribution in [3.8, 4) is 0 Å². The Labute approximate surface area is 252 Å². The summed E-state index contributed by atoms with van der Waals surface area (Å²) in [7, 11) is 1.73. The monoisotopic (exact) mass is 614 g/mol. The number of nitrogens with one attached hydrogen (secondary N) is 2. The topological polar surface area (TPSA) is 128 Å². The van der Waals surface area contributed by atoms with Crippen LogP contribution in [0.3, 0.4) is 0 Å². The quantitative estimate of drug-likeness (QED) is 0.378. The maximum atomic E-state index is 13.6. The lowest BCUT2D eigenvalue weighted by Crippen LogP contribution is -2.47. The molecule has 0 radical (unpaired) electrons. The minimum absolute atomic E-state index is 0.00696. The van der Waals surface area contributed by atoms with Gasteiger partial charge in [0.15, 0.2) is 0 Å². The number of carbonyl (C=O) groups excluding carboxylic acids is 2. The molecule has 0 aromatic carbocycles. The summed E-state index contributed by atoms with van der Waals surface area (Å²) in [5.41, 5.74) is 2.28. The van der Waals surface area contributed by atoms with E-state index in [1.807, 2.05) is 0 Å². The summed E-state index contributed by atoms with van der Waals surface area (Å²) in [6, 6.07) is 1.33. The number of imidazole rings is 1. The Hall–Kier alpha value is -3.55. The molecule has 0 spiro atoms. The molecule has 0 bridgehead atoms. The first kappa shape index (κ1) is 29.2. The summed E-state index contributed by atoms with van der Waals surface area (Å²) in [5, 5.41) is 14.7. The Morgan fingerprint density at radius 1 is 1.14 bits per heavy atom. The number of nitrogens with zero attached hydrogens (tertiary/aromatic N) is 6. The summed E-state index contributed by atoms with van der Waals surface area (Å²) < 4.78 is 49.4. The van der Waals surface area contributed by atoms with Gasteiger partial charge in [0, 0.05) is 51.3 Å². The zero-order valence-electron chi connectivity index (χ0n) is 24.6. The van der Waals surface area contributed by atoms with E-state index in [9.17, 15) is 22.8 Å². The summed E-state index contributed by atoms with van der Waals surface area (Å²) in [6.07, 6.45) is 4.60. The normalized spacial score (nSPS) is 24.1. The van der Waals surface area contributed by atoms with Crippen molar-refractivity contribution < 1.29 is 27.5 Å². The van der Waals surface area contributed by atoms with Gasteiger partial charge in [-0.2, -0.15) is 23.4 Å². The molecule has 11 nitrogen and oxygen atoms in total. The van der Waals surface area contributed by atoms with Crippen LogP contribution in [-0.2, 0) is 23.0 Å². The van der Waals surface area contributed by atoms with Crippen LogP contribution >= 0.6 is 0 Å². The zero-order valence-corrected chi connectivity index (χ0v) is 24.6. The van der Waals surface area contributed by atoms with Crippen molar-refractivity contribution in [2.45, 2.75) is 69.5 Å². The number of aryl methyl sites for hydroxylation is 1. The highest BCUT2D eigenvalue weighted by Gasteiger charge is 2.48. The predicted octanol–water partition coefficient (Wildman–Crippen LogP) is 3.52. The number of ether oxygens (including phenoxy) is 1. The van der Waals surface area contributed by atoms with Crippen LogP contribution in [0.2, 0.25) is 0 Å². The van der Waals surface area contributed by atoms with Crippen molar-refractivity contribution >= 4 is 17.6 Å². The molecule has 44 heavy (non-hydrogen) atoms. The van der Waals surface area contributed by atoms with E-state index in [0.29, 0.717) is 66.4 Å². The molecule has 0 unspecified atom stereocenters. The molecule has 14 heteroatoms. The van der Waals surface area contributed by atoms with Crippen LogP contribution in [0.4, 0.5) is 13.2 Å². The summed E-state index contributed by atoms with van der Waals surface area (Å²) >= 11 is 0. The molecule has 2 saturated carbocycles. The number of hydrogen-bond donors (Lipinski definition) is 2. The Bertz CT molecular complexity index is 1530. The largest absolute Gasteiger partial charge is 0.393 e. The summed E-state index contributed by atoms with van der Waals surface area (Å²) in [4.78, 5) is 36.0. The van der Waals surface area contributed by atoms with Gasteiger partial charge in [-0.05, 0) is 68.8 Å². The molecule has 3 atom stereocenters. The van der Waals surface area contributed by atoms with E-state index in [0.717, 1.165) is 25.7 Å². The van der Waals surface area contributed by atoms with Gasteiger partial charge in [0.1, 0.15) is 5.69 Å². The highest BCUT2D eigenvalue weighted by Crippen LogP contribution is 2.54. The molecule has 236 valence electrons. The van der Waals surface area contributed by atoms with E-state index in [-0.39, 0.29) is 36.6 Å². The average Bonchev–Trinajstić information content (AvgIpc) is 3.93. The molecule has 4 fully saturated rings. The van der Waals surface area contributed by atoms with Gasteiger partial charge >= 0.3 is 6.18 Å². The molecule has 2 aliphatic carbocycles. The number of aromatic nitrogens is 6. The number of halogens is 3. The van der Waals surface area contributed by atoms with E-state index in [2.05, 4.69) is 15.7 Å². The fourth-order valence-electron chi connectivity index (χ4n) is 7.11. The Morgan fingerprint density at radius 2 is 1.86 bits per heavy atom. The second-order valence-corrected chi connectivity index (χ2v) is 12.9. The van der Waals surface area contributed by atoms with Gasteiger partial charge in [-0.1, -0.05) is 0 Å². The first-order valence-corrected chi connectivity index (χ1v) is 15.6. The first-order valence-electron chi connectivity index (χ1n) is 15.6. The van der Waals surface area contributed by atoms with Gasteiger partial charge in [0.2, 0.25) is 5.91 Å². The molecule has 7 rings (SSSR count). The van der Waals surface area contributed by atoms with Crippen molar-refractivity contribution in [2.24, 2.45) is 36.6 Å². The molecule has 2 aliphatic heterocycles. The number of rotatable bonds is 9. The lowest BCUT2D eigenvalue weighted by atomic mass is 9.84. The molecule has 2 saturated heterocycles. The average molecular weight is 615 g/mol. The van der Waals surface area contributed by atoms with Gasteiger partial charge in [-0.15, -0.1) is 0 Å². The second kappa shape index (κ2) is 11.4. The minimum atomic E-state index is -4.39. The van der Waals surface area contributed by atoms with Gasteiger partial charge < -0.3 is 15.4 Å². The molecule has 4 aliphatic rings. The maximum absolute atomic E-state index is 13.6. The highest BCUT2D eigenvalue weighted by atomic mass is 19.4. The second-order valence-electron chi connectivity index (χ2n) is 12.9. The van der Waals surface area contributed by atoms with E-state index in [1.165, 1.54) is 0 Å². The van der Waals surface area contributed by atoms with E-state index >= 15 is 0 Å². The van der Waals surface area contributed by atoms with Crippen molar-refractivity contribution in [3.63, 3.8) is 0 Å². The van der Waals surface area contributed by atoms with Crippen LogP contribution in [0.1, 0.15) is 84.5 Å². The smallest absolute Gasteiger partial charge is 0.381 e. The van der Waals surface area contributed by atoms with Gasteiger partial charge in [0.25, 0.3) is 11.7 Å². The first-order chi connectivity index (χ1) is 21.2. The van der Waals surface area contributed by atoms with Crippen molar-refractivity contribution in [3.05, 3.63) is 41.2 Å². The van der Waals surface area contributed by atoms with Crippen LogP contribution in [-0.4, -0.2) is 67.1 Å². The van der Waals surface area contributed by atoms with E-state index in [1.54, 1.807) is 34.7 Å². The molecule has 3 aromatic heterocycles. The number of carbonyl (C=O) groups is 2. The van der Waals surface area contributed by atoms with Crippen molar-refractivity contribution in [1.82, 2.24) is 40.0 Å². The summed E-state index contributed by atoms with van der Waals surface area (Å²) in [5.74, 6) is -1.49. The Kier molecular flexibility index (Phi) is 7.58. The number of fused-ring (bicyclic) bond motifs is 1. The molecular weight excluding hydrogens is 577 g/mol. The SMILES string of the molecule is Cn1nccc1C(=O)N[C@H](c1cn2nc(C[C@H]3C[C@@H](C(F)(F)F)CNC3=O)c(C3CCOCC3)nc2n1)C(C1CC1)C1CC1. The van der Waals surface area contributed by atoms with Crippen LogP contribution in [0.25, 0.3) is 5.78 Å². The molecule has 3 aromatic rings. The third-order valence-corrected chi connectivity index (χ3v) is 9.78. The van der Waals surface area contributed by atoms with Crippen LogP contribution in [0, 0.1) is 29.6 Å². The molecular formula is C30H37F3N8O3. The lowest BCUT2D eigenvalue weighted by molar-refractivity contribution is -0.183. The highest BCUT2D eigenvalue weighted by molar-refractivity contribution is 5.92. The maximum Gasteiger partial charge on any atom is 0.393 e. The predicted molar refractivity (Wildman–Crippen MR) is 150 cm³/mol. The van der Waals surface area contributed by atoms with Crippen LogP contribution < -0.4 is 10.6 Å². The summed E-state index contributed by atoms with van der Waals surface area (Å²) in [6.45, 7) is 0.683. The number of hydrogen-bond acceptors (Lipinski definition) is 7. The third-order valence-electron chi connectivity index (χ3n) is 9.78. The van der Waals surface area contributed by atoms with Gasteiger partial charge in [0.05, 0.1) is 35.2 Å². The molecule has 2 amide bonds. The molecule has 5 heterocycles. The van der Waals surface area contributed by atoms with E-state index < -0.39 is 30.5 Å². The minimum Gasteiger partial charge on any atom is -0.381 e. The number of piperidine rings is 1. The van der Waals surface area contributed by atoms with Crippen LogP contribution in [0.15, 0.2) is 18.5 Å². The van der Waals surface area contributed by atoms with Gasteiger partial charge in [-0.3, -0.25) is 14.3 Å². The van der Waals surface area contributed by atoms with Crippen molar-refractivity contribution in [1.29, 1.82) is 0 Å². The standard InChI is InChI=1S/C30H37F3N8O3/c1-40-23(6-9-35-40)28(43)37-26(24(16-2-3-16)17-4-5-17)22-15-41-29(36-22)38-25(18-7-10-44-11-8-18)21(39-41)13-19-12-20(30(31,32)33)14-34-27(19)42/h6,9,15-20,24,26H,2-5,7-8,10-14H2,1H3,(H,34,42)(H,37,43)/t19-,20-,26-/m1/s1. The van der Waals surface area contributed by atoms with Crippen LogP contribution in [0.5, 0.6) is 0 Å². The van der Waals surface area contributed by atoms with Gasteiger partial charge in [-0.25, -0.2) is 14.5 Å². The van der Waals surface area contributed by atoms with Crippen molar-refractivity contribution in [2.75, 3.05) is 19.8 Å². The number of amides is 2. The van der Waals surface area contributed by atoms with E-state index in [4.69, 9.17) is 19.8 Å².